The monoisotopic (exact) mass is 335 g/mol. The Morgan fingerprint density at radius 3 is 2.87 bits per heavy atom. The predicted octanol–water partition coefficient (Wildman–Crippen LogP) is 1.38. The summed E-state index contributed by atoms with van der Waals surface area (Å²) in [7, 11) is 1.90. The Labute approximate surface area is 139 Å². The number of hydrogen-bond acceptors (Lipinski definition) is 6. The molecule has 0 unspecified atom stereocenters. The van der Waals surface area contributed by atoms with Crippen LogP contribution < -0.4 is 10.1 Å². The SMILES string of the molecule is CN(CCO)CCNC(=O)c1cnc(COc2ccccc2)s1. The molecule has 0 aliphatic heterocycles. The normalized spacial score (nSPS) is 10.7. The van der Waals surface area contributed by atoms with Crippen LogP contribution in [-0.4, -0.2) is 54.2 Å². The van der Waals surface area contributed by atoms with E-state index in [-0.39, 0.29) is 12.5 Å². The Kier molecular flexibility index (Phi) is 6.99. The number of thiazole rings is 1. The summed E-state index contributed by atoms with van der Waals surface area (Å²) < 4.78 is 5.61. The van der Waals surface area contributed by atoms with Crippen LogP contribution >= 0.6 is 11.3 Å². The first-order valence-corrected chi connectivity index (χ1v) is 8.21. The van der Waals surface area contributed by atoms with Crippen LogP contribution in [0.5, 0.6) is 5.75 Å². The summed E-state index contributed by atoms with van der Waals surface area (Å²) in [6.45, 7) is 2.28. The highest BCUT2D eigenvalue weighted by Gasteiger charge is 2.10. The second-order valence-corrected chi connectivity index (χ2v) is 6.12. The van der Waals surface area contributed by atoms with Crippen molar-refractivity contribution in [3.63, 3.8) is 0 Å². The Bertz CT molecular complexity index is 604. The standard InChI is InChI=1S/C16H21N3O3S/c1-19(9-10-20)8-7-17-16(21)14-11-18-15(23-14)12-22-13-5-3-2-4-6-13/h2-6,11,20H,7-10,12H2,1H3,(H,17,21). The number of carbonyl (C=O) groups excluding carboxylic acids is 1. The van der Waals surface area contributed by atoms with Gasteiger partial charge in [0.05, 0.1) is 12.8 Å². The molecule has 6 nitrogen and oxygen atoms in total. The second-order valence-electron chi connectivity index (χ2n) is 5.00. The Morgan fingerprint density at radius 2 is 2.13 bits per heavy atom. The van der Waals surface area contributed by atoms with Crippen molar-refractivity contribution in [2.24, 2.45) is 0 Å². The number of nitrogens with zero attached hydrogens (tertiary/aromatic N) is 2. The first-order chi connectivity index (χ1) is 11.2. The highest BCUT2D eigenvalue weighted by Crippen LogP contribution is 2.16. The van der Waals surface area contributed by atoms with Gasteiger partial charge >= 0.3 is 0 Å². The van der Waals surface area contributed by atoms with Gasteiger partial charge in [-0.05, 0) is 19.2 Å². The summed E-state index contributed by atoms with van der Waals surface area (Å²) in [6.07, 6.45) is 1.57. The molecule has 0 spiro atoms. The molecule has 0 atom stereocenters. The van der Waals surface area contributed by atoms with Gasteiger partial charge in [-0.2, -0.15) is 0 Å². The van der Waals surface area contributed by atoms with Gasteiger partial charge in [0, 0.05) is 19.6 Å². The fourth-order valence-corrected chi connectivity index (χ4v) is 2.62. The van der Waals surface area contributed by atoms with E-state index in [1.807, 2.05) is 42.3 Å². The van der Waals surface area contributed by atoms with Crippen molar-refractivity contribution in [2.75, 3.05) is 33.3 Å². The van der Waals surface area contributed by atoms with Crippen LogP contribution in [0, 0.1) is 0 Å². The third-order valence-electron chi connectivity index (χ3n) is 3.14. The quantitative estimate of drug-likeness (QED) is 0.724. The number of aromatic nitrogens is 1. The molecule has 2 rings (SSSR count). The van der Waals surface area contributed by atoms with Crippen molar-refractivity contribution in [1.29, 1.82) is 0 Å². The van der Waals surface area contributed by atoms with Crippen LogP contribution in [0.1, 0.15) is 14.7 Å². The number of benzene rings is 1. The van der Waals surface area contributed by atoms with Crippen molar-refractivity contribution >= 4 is 17.2 Å². The Balaban J connectivity index is 1.76. The molecule has 0 saturated carbocycles. The van der Waals surface area contributed by atoms with Crippen molar-refractivity contribution in [1.82, 2.24) is 15.2 Å². The first-order valence-electron chi connectivity index (χ1n) is 7.39. The van der Waals surface area contributed by atoms with Crippen LogP contribution in [0.4, 0.5) is 0 Å². The third kappa shape index (κ3) is 5.97. The molecule has 0 radical (unpaired) electrons. The van der Waals surface area contributed by atoms with Crippen LogP contribution in [0.25, 0.3) is 0 Å². The molecule has 1 aromatic carbocycles. The number of carbonyl (C=O) groups is 1. The van der Waals surface area contributed by atoms with Gasteiger partial charge in [-0.25, -0.2) is 4.98 Å². The maximum absolute atomic E-state index is 12.0. The van der Waals surface area contributed by atoms with E-state index in [9.17, 15) is 4.79 Å². The lowest BCUT2D eigenvalue weighted by molar-refractivity contribution is 0.0953. The molecule has 0 aliphatic carbocycles. The van der Waals surface area contributed by atoms with E-state index in [1.165, 1.54) is 11.3 Å². The molecule has 1 amide bonds. The highest BCUT2D eigenvalue weighted by molar-refractivity contribution is 7.13. The fraction of sp³-hybridized carbons (Fsp3) is 0.375. The minimum atomic E-state index is -0.133. The average Bonchev–Trinajstić information content (AvgIpc) is 3.03. The highest BCUT2D eigenvalue weighted by atomic mass is 32.1. The molecule has 7 heteroatoms. The maximum atomic E-state index is 12.0. The van der Waals surface area contributed by atoms with E-state index < -0.39 is 0 Å². The minimum absolute atomic E-state index is 0.115. The van der Waals surface area contributed by atoms with E-state index in [1.54, 1.807) is 6.20 Å². The van der Waals surface area contributed by atoms with Crippen LogP contribution in [0.15, 0.2) is 36.5 Å². The summed E-state index contributed by atoms with van der Waals surface area (Å²) in [5.74, 6) is 0.645. The minimum Gasteiger partial charge on any atom is -0.486 e. The maximum Gasteiger partial charge on any atom is 0.263 e. The van der Waals surface area contributed by atoms with Crippen molar-refractivity contribution in [3.05, 3.63) is 46.4 Å². The van der Waals surface area contributed by atoms with Gasteiger partial charge in [0.25, 0.3) is 5.91 Å². The first kappa shape index (κ1) is 17.4. The molecule has 0 fully saturated rings. The topological polar surface area (TPSA) is 74.7 Å². The molecule has 2 N–H and O–H groups in total. The lowest BCUT2D eigenvalue weighted by Crippen LogP contribution is -2.33. The largest absolute Gasteiger partial charge is 0.486 e. The molecule has 23 heavy (non-hydrogen) atoms. The smallest absolute Gasteiger partial charge is 0.263 e. The zero-order valence-corrected chi connectivity index (χ0v) is 13.9. The van der Waals surface area contributed by atoms with Crippen LogP contribution in [-0.2, 0) is 6.61 Å². The van der Waals surface area contributed by atoms with E-state index >= 15 is 0 Å². The summed E-state index contributed by atoms with van der Waals surface area (Å²) >= 11 is 1.33. The number of nitrogens with one attached hydrogen (secondary N) is 1. The molecule has 124 valence electrons. The number of ether oxygens (including phenoxy) is 1. The van der Waals surface area contributed by atoms with Gasteiger partial charge in [-0.3, -0.25) is 4.79 Å². The molecule has 0 bridgehead atoms. The van der Waals surface area contributed by atoms with Gasteiger partial charge in [0.1, 0.15) is 22.2 Å². The molecule has 0 saturated heterocycles. The van der Waals surface area contributed by atoms with Crippen LogP contribution in [0.3, 0.4) is 0 Å². The molecular weight excluding hydrogens is 314 g/mol. The van der Waals surface area contributed by atoms with Crippen molar-refractivity contribution < 1.29 is 14.6 Å². The summed E-state index contributed by atoms with van der Waals surface area (Å²) in [4.78, 5) is 18.8. The van der Waals surface area contributed by atoms with Gasteiger partial charge in [-0.15, -0.1) is 11.3 Å². The number of likely N-dealkylation sites (N-methyl/N-ethyl adjacent to an activating group) is 1. The zero-order chi connectivity index (χ0) is 16.5. The Morgan fingerprint density at radius 1 is 1.35 bits per heavy atom. The summed E-state index contributed by atoms with van der Waals surface area (Å²) in [6, 6.07) is 9.50. The predicted molar refractivity (Wildman–Crippen MR) is 89.8 cm³/mol. The average molecular weight is 335 g/mol. The number of amides is 1. The number of para-hydroxylation sites is 1. The second kappa shape index (κ2) is 9.24. The molecular formula is C16H21N3O3S. The number of aliphatic hydroxyl groups is 1. The lowest BCUT2D eigenvalue weighted by Gasteiger charge is -2.14. The van der Waals surface area contributed by atoms with Gasteiger partial charge in [0.15, 0.2) is 0 Å². The van der Waals surface area contributed by atoms with E-state index in [4.69, 9.17) is 9.84 Å². The molecule has 0 aliphatic rings. The van der Waals surface area contributed by atoms with Crippen molar-refractivity contribution in [3.8, 4) is 5.75 Å². The summed E-state index contributed by atoms with van der Waals surface area (Å²) in [5, 5.41) is 12.4. The third-order valence-corrected chi connectivity index (χ3v) is 4.11. The fourth-order valence-electron chi connectivity index (χ4n) is 1.87. The summed E-state index contributed by atoms with van der Waals surface area (Å²) in [5.41, 5.74) is 0. The number of aliphatic hydroxyl groups excluding tert-OH is 1. The lowest BCUT2D eigenvalue weighted by atomic mass is 10.3. The number of hydrogen-bond donors (Lipinski definition) is 2. The van der Waals surface area contributed by atoms with E-state index in [0.717, 1.165) is 10.8 Å². The van der Waals surface area contributed by atoms with Gasteiger partial charge in [-0.1, -0.05) is 18.2 Å². The molecule has 1 heterocycles. The zero-order valence-electron chi connectivity index (χ0n) is 13.1. The van der Waals surface area contributed by atoms with Gasteiger partial charge in [0.2, 0.25) is 0 Å². The Hall–Kier alpha value is -1.96. The van der Waals surface area contributed by atoms with Crippen LogP contribution in [0.2, 0.25) is 0 Å². The molecule has 2 aromatic rings. The van der Waals surface area contributed by atoms with E-state index in [2.05, 4.69) is 10.3 Å². The van der Waals surface area contributed by atoms with Crippen molar-refractivity contribution in [2.45, 2.75) is 6.61 Å². The number of rotatable bonds is 9. The van der Waals surface area contributed by atoms with Gasteiger partial charge < -0.3 is 20.1 Å². The van der Waals surface area contributed by atoms with E-state index in [0.29, 0.717) is 31.1 Å². The molecule has 1 aromatic heterocycles.